The van der Waals surface area contributed by atoms with Crippen molar-refractivity contribution in [1.82, 2.24) is 19.3 Å². The van der Waals surface area contributed by atoms with Crippen molar-refractivity contribution in [1.29, 1.82) is 0 Å². The zero-order chi connectivity index (χ0) is 29.5. The third-order valence-corrected chi connectivity index (χ3v) is 7.61. The fraction of sp³-hybridized carbons (Fsp3) is 0.135. The van der Waals surface area contributed by atoms with Crippen LogP contribution in [-0.4, -0.2) is 19.3 Å². The van der Waals surface area contributed by atoms with Crippen LogP contribution in [-0.2, 0) is 33.9 Å². The van der Waals surface area contributed by atoms with Gasteiger partial charge in [0.15, 0.2) is 0 Å². The summed E-state index contributed by atoms with van der Waals surface area (Å²) in [6, 6.07) is 37.4. The SMILES string of the molecule is [2H]c1ccc2c(c1)c1ccc(Oc3[c-]c(-n4nc(CC)c(-c5ccccc5)c4CC)ccc3)[c-]c1n2-c1cc(C)ccn1.[Pt+2]. The van der Waals surface area contributed by atoms with Crippen molar-refractivity contribution in [2.45, 2.75) is 33.6 Å². The Morgan fingerprint density at radius 3 is 2.47 bits per heavy atom. The van der Waals surface area contributed by atoms with Gasteiger partial charge in [-0.15, -0.1) is 35.7 Å². The summed E-state index contributed by atoms with van der Waals surface area (Å²) in [6.45, 7) is 6.36. The molecule has 0 aliphatic rings. The minimum Gasteiger partial charge on any atom is -0.509 e. The number of nitrogens with zero attached hydrogens (tertiary/aromatic N) is 4. The number of fused-ring (bicyclic) bond motifs is 3. The molecular formula is C37H30N4OPt. The third kappa shape index (κ3) is 5.19. The summed E-state index contributed by atoms with van der Waals surface area (Å²) in [7, 11) is 0. The van der Waals surface area contributed by atoms with E-state index in [1.165, 1.54) is 11.1 Å². The molecule has 43 heavy (non-hydrogen) atoms. The second-order valence-corrected chi connectivity index (χ2v) is 10.3. The Morgan fingerprint density at radius 2 is 1.67 bits per heavy atom. The Morgan fingerprint density at radius 1 is 0.837 bits per heavy atom. The van der Waals surface area contributed by atoms with E-state index in [0.29, 0.717) is 17.5 Å². The summed E-state index contributed by atoms with van der Waals surface area (Å²) in [6.07, 6.45) is 3.48. The summed E-state index contributed by atoms with van der Waals surface area (Å²) in [4.78, 5) is 4.66. The van der Waals surface area contributed by atoms with Gasteiger partial charge in [-0.3, -0.25) is 4.68 Å². The summed E-state index contributed by atoms with van der Waals surface area (Å²) in [5.74, 6) is 1.94. The smallest absolute Gasteiger partial charge is 0.509 e. The minimum atomic E-state index is 0. The maximum Gasteiger partial charge on any atom is 2.00 e. The minimum absolute atomic E-state index is 0. The first-order valence-corrected chi connectivity index (χ1v) is 14.3. The Labute approximate surface area is 267 Å². The molecule has 0 saturated carbocycles. The molecule has 3 heterocycles. The Bertz CT molecular complexity index is 2120. The number of hydrogen-bond acceptors (Lipinski definition) is 3. The molecule has 0 radical (unpaired) electrons. The fourth-order valence-corrected chi connectivity index (χ4v) is 5.70. The van der Waals surface area contributed by atoms with E-state index in [9.17, 15) is 0 Å². The van der Waals surface area contributed by atoms with Gasteiger partial charge in [0.1, 0.15) is 5.82 Å². The Hall–Kier alpha value is -4.47. The Kier molecular flexibility index (Phi) is 7.65. The molecule has 7 aromatic rings. The molecule has 0 atom stereocenters. The van der Waals surface area contributed by atoms with E-state index in [4.69, 9.17) is 11.2 Å². The maximum atomic E-state index is 8.22. The molecule has 0 saturated heterocycles. The number of hydrogen-bond donors (Lipinski definition) is 0. The summed E-state index contributed by atoms with van der Waals surface area (Å²) < 4.78 is 18.7. The number of para-hydroxylation sites is 1. The van der Waals surface area contributed by atoms with Crippen LogP contribution < -0.4 is 4.74 Å². The van der Waals surface area contributed by atoms with Crippen LogP contribution in [0.15, 0.2) is 103 Å². The number of rotatable bonds is 7. The third-order valence-electron chi connectivity index (χ3n) is 7.61. The zero-order valence-electron chi connectivity index (χ0n) is 25.2. The first kappa shape index (κ1) is 27.4. The molecule has 0 amide bonds. The molecule has 3 aromatic heterocycles. The molecule has 5 nitrogen and oxygen atoms in total. The molecule has 0 fully saturated rings. The van der Waals surface area contributed by atoms with Crippen molar-refractivity contribution in [2.24, 2.45) is 0 Å². The van der Waals surface area contributed by atoms with Crippen molar-refractivity contribution in [3.8, 4) is 34.1 Å². The summed E-state index contributed by atoms with van der Waals surface area (Å²) >= 11 is 0. The monoisotopic (exact) mass is 742 g/mol. The van der Waals surface area contributed by atoms with E-state index in [0.717, 1.165) is 63.1 Å². The van der Waals surface area contributed by atoms with Crippen molar-refractivity contribution < 1.29 is 27.2 Å². The van der Waals surface area contributed by atoms with Gasteiger partial charge in [-0.2, -0.15) is 17.2 Å². The first-order valence-electron chi connectivity index (χ1n) is 14.8. The number of ether oxygens (including phenoxy) is 1. The van der Waals surface area contributed by atoms with Crippen LogP contribution in [0, 0.1) is 19.1 Å². The standard InChI is InChI=1S/C37H30N4O.Pt/c1-4-32-37(26-12-7-6-8-13-26)33(5-2)41(39-32)27-14-11-15-28(23-27)42-29-18-19-31-30-16-9-10-17-34(30)40(35(31)24-29)36-22-25(3)20-21-38-36;/h6-22H,4-5H2,1-3H3;/q-2;+2/i9D;. The van der Waals surface area contributed by atoms with Gasteiger partial charge in [0.25, 0.3) is 0 Å². The molecule has 6 heteroatoms. The first-order chi connectivity index (χ1) is 21.0. The van der Waals surface area contributed by atoms with E-state index < -0.39 is 0 Å². The molecule has 0 bridgehead atoms. The van der Waals surface area contributed by atoms with E-state index in [2.05, 4.69) is 72.8 Å². The molecular weight excluding hydrogens is 712 g/mol. The Balaban J connectivity index is 0.00000343. The molecule has 0 unspecified atom stereocenters. The molecule has 0 spiro atoms. The van der Waals surface area contributed by atoms with E-state index in [-0.39, 0.29) is 21.1 Å². The topological polar surface area (TPSA) is 44.9 Å². The maximum absolute atomic E-state index is 8.22. The van der Waals surface area contributed by atoms with Crippen LogP contribution in [0.4, 0.5) is 0 Å². The van der Waals surface area contributed by atoms with E-state index >= 15 is 0 Å². The van der Waals surface area contributed by atoms with Crippen LogP contribution in [0.25, 0.3) is 44.4 Å². The average molecular weight is 743 g/mol. The zero-order valence-corrected chi connectivity index (χ0v) is 26.4. The number of aryl methyl sites for hydroxylation is 2. The van der Waals surface area contributed by atoms with Gasteiger partial charge in [-0.25, -0.2) is 4.98 Å². The fourth-order valence-electron chi connectivity index (χ4n) is 5.70. The van der Waals surface area contributed by atoms with Crippen molar-refractivity contribution >= 4 is 21.8 Å². The normalized spacial score (nSPS) is 11.5. The van der Waals surface area contributed by atoms with E-state index in [1.54, 1.807) is 6.07 Å². The van der Waals surface area contributed by atoms with Crippen molar-refractivity contribution in [2.75, 3.05) is 0 Å². The van der Waals surface area contributed by atoms with Crippen LogP contribution in [0.2, 0.25) is 0 Å². The molecule has 7 rings (SSSR count). The van der Waals surface area contributed by atoms with Gasteiger partial charge in [0, 0.05) is 34.5 Å². The van der Waals surface area contributed by atoms with Crippen molar-refractivity contribution in [3.63, 3.8) is 0 Å². The van der Waals surface area contributed by atoms with Crippen LogP contribution in [0.3, 0.4) is 0 Å². The van der Waals surface area contributed by atoms with Gasteiger partial charge in [-0.1, -0.05) is 67.9 Å². The van der Waals surface area contributed by atoms with Gasteiger partial charge in [0.05, 0.1) is 7.06 Å². The predicted molar refractivity (Wildman–Crippen MR) is 169 cm³/mol. The predicted octanol–water partition coefficient (Wildman–Crippen LogP) is 8.85. The second-order valence-electron chi connectivity index (χ2n) is 10.3. The van der Waals surface area contributed by atoms with Crippen molar-refractivity contribution in [3.05, 3.63) is 132 Å². The average Bonchev–Trinajstić information content (AvgIpc) is 3.56. The second kappa shape index (κ2) is 12.0. The van der Waals surface area contributed by atoms with Gasteiger partial charge in [-0.05, 0) is 60.2 Å². The summed E-state index contributed by atoms with van der Waals surface area (Å²) in [5.41, 5.74) is 8.33. The quantitative estimate of drug-likeness (QED) is 0.153. The number of benzene rings is 4. The van der Waals surface area contributed by atoms with Crippen LogP contribution in [0.5, 0.6) is 11.5 Å². The largest absolute Gasteiger partial charge is 2.00 e. The number of pyridine rings is 1. The van der Waals surface area contributed by atoms with Gasteiger partial charge >= 0.3 is 21.1 Å². The van der Waals surface area contributed by atoms with Gasteiger partial charge < -0.3 is 9.30 Å². The van der Waals surface area contributed by atoms with Crippen LogP contribution in [0.1, 0.15) is 32.2 Å². The van der Waals surface area contributed by atoms with Crippen LogP contribution >= 0.6 is 0 Å². The molecule has 214 valence electrons. The van der Waals surface area contributed by atoms with E-state index in [1.807, 2.05) is 65.5 Å². The molecule has 0 aliphatic heterocycles. The van der Waals surface area contributed by atoms with Gasteiger partial charge in [0.2, 0.25) is 0 Å². The number of aromatic nitrogens is 4. The molecule has 0 aliphatic carbocycles. The molecule has 0 N–H and O–H groups in total. The molecule has 4 aromatic carbocycles. The summed E-state index contributed by atoms with van der Waals surface area (Å²) in [5, 5.41) is 6.98.